The first-order valence-corrected chi connectivity index (χ1v) is 9.17. The Morgan fingerprint density at radius 1 is 0.923 bits per heavy atom. The van der Waals surface area contributed by atoms with Gasteiger partial charge in [0.2, 0.25) is 0 Å². The Bertz CT molecular complexity index is 650. The second kappa shape index (κ2) is 11.8. The maximum Gasteiger partial charge on any atom is 0.161 e. The van der Waals surface area contributed by atoms with Crippen molar-refractivity contribution < 1.29 is 14.6 Å². The van der Waals surface area contributed by atoms with Crippen LogP contribution in [0.25, 0.3) is 0 Å². The lowest BCUT2D eigenvalue weighted by molar-refractivity contribution is 0.284. The van der Waals surface area contributed by atoms with Crippen molar-refractivity contribution in [1.29, 1.82) is 0 Å². The van der Waals surface area contributed by atoms with E-state index in [1.165, 1.54) is 0 Å². The van der Waals surface area contributed by atoms with Crippen molar-refractivity contribution in [3.8, 4) is 11.5 Å². The third-order valence-corrected chi connectivity index (χ3v) is 4.11. The van der Waals surface area contributed by atoms with Crippen LogP contribution in [0.1, 0.15) is 17.5 Å². The summed E-state index contributed by atoms with van der Waals surface area (Å²) in [5.74, 6) is 1.45. The topological polar surface area (TPSA) is 62.8 Å². The Hall–Kier alpha value is -1.79. The van der Waals surface area contributed by atoms with E-state index in [1.54, 1.807) is 7.11 Å². The molecule has 0 bridgehead atoms. The van der Waals surface area contributed by atoms with E-state index in [4.69, 9.17) is 26.2 Å². The molecule has 2 rings (SSSR count). The van der Waals surface area contributed by atoms with Crippen molar-refractivity contribution in [3.63, 3.8) is 0 Å². The minimum absolute atomic E-state index is 0.180. The van der Waals surface area contributed by atoms with Gasteiger partial charge in [-0.3, -0.25) is 0 Å². The van der Waals surface area contributed by atoms with Crippen molar-refractivity contribution in [2.24, 2.45) is 0 Å². The van der Waals surface area contributed by atoms with E-state index >= 15 is 0 Å². The van der Waals surface area contributed by atoms with Crippen LogP contribution in [0.5, 0.6) is 11.5 Å². The molecule has 0 aliphatic carbocycles. The fourth-order valence-corrected chi connectivity index (χ4v) is 2.58. The van der Waals surface area contributed by atoms with Gasteiger partial charge in [-0.05, 0) is 54.9 Å². The number of aliphatic hydroxyl groups excluding tert-OH is 1. The van der Waals surface area contributed by atoms with Gasteiger partial charge in [-0.2, -0.15) is 0 Å². The van der Waals surface area contributed by atoms with Gasteiger partial charge in [-0.15, -0.1) is 0 Å². The molecule has 0 atom stereocenters. The van der Waals surface area contributed by atoms with Crippen LogP contribution in [0.15, 0.2) is 42.5 Å². The molecule has 2 aromatic carbocycles. The number of hydrogen-bond donors (Lipinski definition) is 3. The van der Waals surface area contributed by atoms with E-state index in [1.807, 2.05) is 42.5 Å². The number of methoxy groups -OCH3 is 1. The lowest BCUT2D eigenvalue weighted by Crippen LogP contribution is -2.23. The maximum absolute atomic E-state index is 8.70. The third kappa shape index (κ3) is 7.22. The number of ether oxygens (including phenoxy) is 2. The monoisotopic (exact) mass is 378 g/mol. The average molecular weight is 379 g/mol. The molecule has 0 saturated heterocycles. The third-order valence-electron chi connectivity index (χ3n) is 3.86. The van der Waals surface area contributed by atoms with Crippen molar-refractivity contribution in [2.75, 3.05) is 33.4 Å². The minimum Gasteiger partial charge on any atom is -0.493 e. The first-order valence-electron chi connectivity index (χ1n) is 8.79. The second-order valence-corrected chi connectivity index (χ2v) is 6.34. The molecule has 6 heteroatoms. The lowest BCUT2D eigenvalue weighted by atomic mass is 10.2. The highest BCUT2D eigenvalue weighted by atomic mass is 35.5. The van der Waals surface area contributed by atoms with Gasteiger partial charge in [0.25, 0.3) is 0 Å². The van der Waals surface area contributed by atoms with Crippen LogP contribution < -0.4 is 20.1 Å². The number of aliphatic hydroxyl groups is 1. The number of nitrogens with one attached hydrogen (secondary N) is 2. The summed E-state index contributed by atoms with van der Waals surface area (Å²) < 4.78 is 11.3. The zero-order valence-electron chi connectivity index (χ0n) is 15.1. The summed E-state index contributed by atoms with van der Waals surface area (Å²) in [4.78, 5) is 0. The molecular formula is C20H27ClN2O3. The SMILES string of the molecule is COc1cc(CNCCCNCCO)ccc1OCc1ccc(Cl)cc1. The molecular weight excluding hydrogens is 352 g/mol. The van der Waals surface area contributed by atoms with Gasteiger partial charge in [0.15, 0.2) is 11.5 Å². The summed E-state index contributed by atoms with van der Waals surface area (Å²) in [6.07, 6.45) is 1.01. The fourth-order valence-electron chi connectivity index (χ4n) is 2.46. The molecule has 142 valence electrons. The number of benzene rings is 2. The summed E-state index contributed by atoms with van der Waals surface area (Å²) in [6, 6.07) is 13.6. The Labute approximate surface area is 160 Å². The lowest BCUT2D eigenvalue weighted by Gasteiger charge is -2.13. The highest BCUT2D eigenvalue weighted by Crippen LogP contribution is 2.29. The predicted octanol–water partition coefficient (Wildman–Crippen LogP) is 2.99. The van der Waals surface area contributed by atoms with Crippen LogP contribution in [-0.2, 0) is 13.2 Å². The van der Waals surface area contributed by atoms with E-state index < -0.39 is 0 Å². The van der Waals surface area contributed by atoms with Gasteiger partial charge < -0.3 is 25.2 Å². The largest absolute Gasteiger partial charge is 0.493 e. The maximum atomic E-state index is 8.70. The zero-order valence-corrected chi connectivity index (χ0v) is 15.9. The van der Waals surface area contributed by atoms with E-state index in [-0.39, 0.29) is 6.61 Å². The smallest absolute Gasteiger partial charge is 0.161 e. The van der Waals surface area contributed by atoms with Crippen LogP contribution >= 0.6 is 11.6 Å². The molecule has 2 aromatic rings. The molecule has 5 nitrogen and oxygen atoms in total. The minimum atomic E-state index is 0.180. The summed E-state index contributed by atoms with van der Waals surface area (Å²) in [5.41, 5.74) is 2.20. The highest BCUT2D eigenvalue weighted by Gasteiger charge is 2.06. The van der Waals surface area contributed by atoms with Crippen molar-refractivity contribution in [1.82, 2.24) is 10.6 Å². The molecule has 0 spiro atoms. The molecule has 0 aliphatic heterocycles. The number of rotatable bonds is 12. The van der Waals surface area contributed by atoms with E-state index in [0.29, 0.717) is 18.2 Å². The molecule has 3 N–H and O–H groups in total. The van der Waals surface area contributed by atoms with Crippen LogP contribution in [0, 0.1) is 0 Å². The van der Waals surface area contributed by atoms with Gasteiger partial charge in [0.1, 0.15) is 6.61 Å². The Morgan fingerprint density at radius 2 is 1.65 bits per heavy atom. The molecule has 0 heterocycles. The van der Waals surface area contributed by atoms with Gasteiger partial charge in [-0.25, -0.2) is 0 Å². The van der Waals surface area contributed by atoms with Crippen LogP contribution in [0.4, 0.5) is 0 Å². The molecule has 0 aromatic heterocycles. The Morgan fingerprint density at radius 3 is 2.38 bits per heavy atom. The fraction of sp³-hybridized carbons (Fsp3) is 0.400. The van der Waals surface area contributed by atoms with Crippen molar-refractivity contribution in [3.05, 3.63) is 58.6 Å². The first-order chi connectivity index (χ1) is 12.7. The molecule has 0 radical (unpaired) electrons. The molecule has 0 saturated carbocycles. The average Bonchev–Trinajstić information content (AvgIpc) is 2.67. The van der Waals surface area contributed by atoms with Crippen molar-refractivity contribution >= 4 is 11.6 Å². The van der Waals surface area contributed by atoms with Gasteiger partial charge in [-0.1, -0.05) is 29.8 Å². The van der Waals surface area contributed by atoms with E-state index in [2.05, 4.69) is 10.6 Å². The predicted molar refractivity (Wildman–Crippen MR) is 105 cm³/mol. The summed E-state index contributed by atoms with van der Waals surface area (Å²) in [5, 5.41) is 16.0. The summed E-state index contributed by atoms with van der Waals surface area (Å²) >= 11 is 5.90. The normalized spacial score (nSPS) is 10.7. The summed E-state index contributed by atoms with van der Waals surface area (Å²) in [7, 11) is 1.65. The first kappa shape index (κ1) is 20.5. The van der Waals surface area contributed by atoms with Gasteiger partial charge >= 0.3 is 0 Å². The summed E-state index contributed by atoms with van der Waals surface area (Å²) in [6.45, 7) is 3.87. The highest BCUT2D eigenvalue weighted by molar-refractivity contribution is 6.30. The van der Waals surface area contributed by atoms with Gasteiger partial charge in [0.05, 0.1) is 13.7 Å². The van der Waals surface area contributed by atoms with E-state index in [9.17, 15) is 0 Å². The number of halogens is 1. The molecule has 0 unspecified atom stereocenters. The van der Waals surface area contributed by atoms with Crippen LogP contribution in [0.3, 0.4) is 0 Å². The van der Waals surface area contributed by atoms with E-state index in [0.717, 1.165) is 48.7 Å². The molecule has 0 fully saturated rings. The standard InChI is InChI=1S/C20H27ClN2O3/c1-25-20-13-17(14-23-10-2-9-22-11-12-24)5-8-19(20)26-15-16-3-6-18(21)7-4-16/h3-8,13,22-24H,2,9-12,14-15H2,1H3. The van der Waals surface area contributed by atoms with Crippen molar-refractivity contribution in [2.45, 2.75) is 19.6 Å². The Balaban J connectivity index is 1.79. The van der Waals surface area contributed by atoms with Gasteiger partial charge in [0, 0.05) is 18.1 Å². The molecule has 0 amide bonds. The zero-order chi connectivity index (χ0) is 18.6. The molecule has 26 heavy (non-hydrogen) atoms. The molecule has 0 aliphatic rings. The van der Waals surface area contributed by atoms with Crippen LogP contribution in [0.2, 0.25) is 5.02 Å². The van der Waals surface area contributed by atoms with Crippen LogP contribution in [-0.4, -0.2) is 38.5 Å². The quantitative estimate of drug-likeness (QED) is 0.495. The number of hydrogen-bond acceptors (Lipinski definition) is 5. The Kier molecular flexibility index (Phi) is 9.28. The second-order valence-electron chi connectivity index (χ2n) is 5.90.